The summed E-state index contributed by atoms with van der Waals surface area (Å²) in [6.07, 6.45) is 0. The number of carbonyl (C=O) groups excluding carboxylic acids is 1. The topological polar surface area (TPSA) is 71.2 Å². The summed E-state index contributed by atoms with van der Waals surface area (Å²) in [5, 5.41) is 11.7. The van der Waals surface area contributed by atoms with Gasteiger partial charge in [-0.25, -0.2) is 4.79 Å². The highest BCUT2D eigenvalue weighted by atomic mass is 16.5. The minimum atomic E-state index is -0.688. The van der Waals surface area contributed by atoms with Gasteiger partial charge in [0, 0.05) is 0 Å². The first-order chi connectivity index (χ1) is 8.19. The van der Waals surface area contributed by atoms with Crippen LogP contribution < -0.4 is 0 Å². The molecule has 0 bridgehead atoms. The maximum Gasteiger partial charge on any atom is 0.362 e. The van der Waals surface area contributed by atoms with Gasteiger partial charge in [0.25, 0.3) is 0 Å². The predicted molar refractivity (Wildman–Crippen MR) is 65.1 cm³/mol. The molecule has 5 heteroatoms. The van der Waals surface area contributed by atoms with Crippen molar-refractivity contribution < 1.29 is 14.7 Å². The Hall–Kier alpha value is -2.17. The van der Waals surface area contributed by atoms with Gasteiger partial charge in [0.15, 0.2) is 0 Å². The molecule has 0 aliphatic heterocycles. The molecule has 1 N–H and O–H groups in total. The average Bonchev–Trinajstić information content (AvgIpc) is 2.31. The minimum absolute atomic E-state index is 0.185. The molecule has 0 aliphatic carbocycles. The van der Waals surface area contributed by atoms with Crippen LogP contribution in [0.1, 0.15) is 13.8 Å². The van der Waals surface area contributed by atoms with Gasteiger partial charge in [0.1, 0.15) is 0 Å². The highest BCUT2D eigenvalue weighted by molar-refractivity contribution is 6.65. The van der Waals surface area contributed by atoms with Crippen LogP contribution in [-0.4, -0.2) is 29.2 Å². The molecule has 0 saturated carbocycles. The number of carbonyl (C=O) groups is 1. The summed E-state index contributed by atoms with van der Waals surface area (Å²) in [6.45, 7) is 3.48. The van der Waals surface area contributed by atoms with Gasteiger partial charge in [-0.2, -0.15) is 0 Å². The van der Waals surface area contributed by atoms with Crippen LogP contribution in [-0.2, 0) is 9.53 Å². The van der Waals surface area contributed by atoms with E-state index in [0.29, 0.717) is 11.4 Å². The molecule has 0 fully saturated rings. The molecule has 1 aromatic carbocycles. The zero-order valence-corrected chi connectivity index (χ0v) is 9.75. The molecule has 0 aliphatic rings. The van der Waals surface area contributed by atoms with E-state index >= 15 is 0 Å². The Labute approximate surface area is 99.4 Å². The molecule has 0 heterocycles. The first-order valence-corrected chi connectivity index (χ1v) is 5.19. The Morgan fingerprint density at radius 3 is 2.53 bits per heavy atom. The van der Waals surface area contributed by atoms with Gasteiger partial charge in [-0.1, -0.05) is 23.4 Å². The van der Waals surface area contributed by atoms with Gasteiger partial charge in [0.2, 0.25) is 5.71 Å². The van der Waals surface area contributed by atoms with Crippen molar-refractivity contribution in [2.24, 2.45) is 10.1 Å². The summed E-state index contributed by atoms with van der Waals surface area (Å²) in [6, 6.07) is 9.08. The van der Waals surface area contributed by atoms with Crippen LogP contribution >= 0.6 is 0 Å². The Bertz CT molecular complexity index is 438. The van der Waals surface area contributed by atoms with Crippen LogP contribution in [0.25, 0.3) is 0 Å². The summed E-state index contributed by atoms with van der Waals surface area (Å²) in [5.74, 6) is -0.688. The summed E-state index contributed by atoms with van der Waals surface area (Å²) < 4.78 is 4.74. The van der Waals surface area contributed by atoms with E-state index in [2.05, 4.69) is 10.1 Å². The minimum Gasteiger partial charge on any atom is -0.461 e. The monoisotopic (exact) mass is 234 g/mol. The first kappa shape index (κ1) is 12.9. The lowest BCUT2D eigenvalue weighted by Gasteiger charge is -2.03. The van der Waals surface area contributed by atoms with Gasteiger partial charge in [-0.05, 0) is 26.0 Å². The second-order valence-electron chi connectivity index (χ2n) is 3.20. The lowest BCUT2D eigenvalue weighted by atomic mass is 10.2. The van der Waals surface area contributed by atoms with Gasteiger partial charge in [-0.15, -0.1) is 0 Å². The van der Waals surface area contributed by atoms with E-state index in [1.165, 1.54) is 0 Å². The summed E-state index contributed by atoms with van der Waals surface area (Å²) >= 11 is 0. The van der Waals surface area contributed by atoms with E-state index in [1.54, 1.807) is 26.0 Å². The van der Waals surface area contributed by atoms with E-state index in [-0.39, 0.29) is 12.3 Å². The molecule has 90 valence electrons. The van der Waals surface area contributed by atoms with E-state index in [4.69, 9.17) is 9.94 Å². The third-order valence-corrected chi connectivity index (χ3v) is 1.96. The molecule has 1 aromatic rings. The van der Waals surface area contributed by atoms with Crippen molar-refractivity contribution in [1.29, 1.82) is 0 Å². The summed E-state index contributed by atoms with van der Waals surface area (Å²) in [7, 11) is 0. The summed E-state index contributed by atoms with van der Waals surface area (Å²) in [4.78, 5) is 15.6. The number of benzene rings is 1. The van der Waals surface area contributed by atoms with Crippen molar-refractivity contribution in [3.05, 3.63) is 30.3 Å². The lowest BCUT2D eigenvalue weighted by molar-refractivity contribution is -0.134. The molecular formula is C12H14N2O3. The number of oxime groups is 1. The molecule has 0 unspecified atom stereocenters. The fourth-order valence-corrected chi connectivity index (χ4v) is 1.21. The highest BCUT2D eigenvalue weighted by Crippen LogP contribution is 2.10. The van der Waals surface area contributed by atoms with Crippen LogP contribution in [0.5, 0.6) is 0 Å². The molecule has 0 saturated heterocycles. The number of hydrogen-bond donors (Lipinski definition) is 1. The maximum atomic E-state index is 11.4. The molecule has 0 amide bonds. The lowest BCUT2D eigenvalue weighted by Crippen LogP contribution is -2.24. The van der Waals surface area contributed by atoms with Crippen molar-refractivity contribution in [2.45, 2.75) is 13.8 Å². The van der Waals surface area contributed by atoms with E-state index in [9.17, 15) is 4.79 Å². The third-order valence-electron chi connectivity index (χ3n) is 1.96. The van der Waals surface area contributed by atoms with Gasteiger partial charge < -0.3 is 9.94 Å². The fraction of sp³-hybridized carbons (Fsp3) is 0.250. The first-order valence-electron chi connectivity index (χ1n) is 5.19. The smallest absolute Gasteiger partial charge is 0.362 e. The molecule has 0 radical (unpaired) electrons. The van der Waals surface area contributed by atoms with Crippen molar-refractivity contribution in [2.75, 3.05) is 6.61 Å². The Morgan fingerprint density at radius 2 is 2.00 bits per heavy atom. The molecule has 0 spiro atoms. The van der Waals surface area contributed by atoms with Crippen molar-refractivity contribution in [3.8, 4) is 0 Å². The fourth-order valence-electron chi connectivity index (χ4n) is 1.21. The second kappa shape index (κ2) is 6.42. The van der Waals surface area contributed by atoms with Gasteiger partial charge in [-0.3, -0.25) is 4.99 Å². The van der Waals surface area contributed by atoms with Crippen LogP contribution in [0.15, 0.2) is 40.5 Å². The van der Waals surface area contributed by atoms with Crippen molar-refractivity contribution in [1.82, 2.24) is 0 Å². The third kappa shape index (κ3) is 3.71. The number of para-hydroxylation sites is 1. The van der Waals surface area contributed by atoms with Crippen molar-refractivity contribution in [3.63, 3.8) is 0 Å². The van der Waals surface area contributed by atoms with Crippen molar-refractivity contribution >= 4 is 23.1 Å². The molecule has 0 atom stereocenters. The molecular weight excluding hydrogens is 220 g/mol. The maximum absolute atomic E-state index is 11.4. The standard InChI is InChI=1S/C12H14N2O3/c1-3-17-12(15)11(14-16)9(2)13-10-7-5-4-6-8-10/h4-8,16H,3H2,1-2H3/b13-9?,14-11-. The van der Waals surface area contributed by atoms with E-state index in [1.807, 2.05) is 18.2 Å². The van der Waals surface area contributed by atoms with Gasteiger partial charge in [0.05, 0.1) is 18.0 Å². The molecule has 17 heavy (non-hydrogen) atoms. The average molecular weight is 234 g/mol. The van der Waals surface area contributed by atoms with E-state index < -0.39 is 5.97 Å². The number of aliphatic imine (C=N–C) groups is 1. The van der Waals surface area contributed by atoms with Crippen LogP contribution in [0.3, 0.4) is 0 Å². The Morgan fingerprint density at radius 1 is 1.35 bits per heavy atom. The predicted octanol–water partition coefficient (Wildman–Crippen LogP) is 2.17. The van der Waals surface area contributed by atoms with E-state index in [0.717, 1.165) is 0 Å². The van der Waals surface area contributed by atoms with Crippen LogP contribution in [0.4, 0.5) is 5.69 Å². The number of esters is 1. The van der Waals surface area contributed by atoms with Gasteiger partial charge >= 0.3 is 5.97 Å². The zero-order chi connectivity index (χ0) is 12.7. The number of nitrogens with zero attached hydrogens (tertiary/aromatic N) is 2. The quantitative estimate of drug-likeness (QED) is 0.375. The number of rotatable bonds is 4. The summed E-state index contributed by atoms with van der Waals surface area (Å²) in [5.41, 5.74) is 0.795. The number of hydrogen-bond acceptors (Lipinski definition) is 5. The van der Waals surface area contributed by atoms with Crippen LogP contribution in [0, 0.1) is 0 Å². The molecule has 5 nitrogen and oxygen atoms in total. The largest absolute Gasteiger partial charge is 0.461 e. The zero-order valence-electron chi connectivity index (χ0n) is 9.75. The Balaban J connectivity index is 2.91. The molecule has 0 aromatic heterocycles. The number of ether oxygens (including phenoxy) is 1. The van der Waals surface area contributed by atoms with Crippen LogP contribution in [0.2, 0.25) is 0 Å². The Kier molecular flexibility index (Phi) is 4.87. The molecule has 1 rings (SSSR count). The second-order valence-corrected chi connectivity index (χ2v) is 3.20. The normalized spacial score (nSPS) is 12.4. The SMILES string of the molecule is CCOC(=O)/C(=N\O)C(C)=Nc1ccccc1. The highest BCUT2D eigenvalue weighted by Gasteiger charge is 2.16.